The normalized spacial score (nSPS) is 10.6. The number of pyridine rings is 1. The van der Waals surface area contributed by atoms with Gasteiger partial charge in [0.15, 0.2) is 11.5 Å². The zero-order valence-electron chi connectivity index (χ0n) is 10.8. The maximum atomic E-state index is 5.48. The van der Waals surface area contributed by atoms with E-state index in [1.807, 2.05) is 7.05 Å². The monoisotopic (exact) mass is 239 g/mol. The summed E-state index contributed by atoms with van der Waals surface area (Å²) in [6.07, 6.45) is 2.70. The average molecular weight is 239 g/mol. The first-order valence-electron chi connectivity index (χ1n) is 5.67. The van der Waals surface area contributed by atoms with Gasteiger partial charge in [-0.15, -0.1) is 0 Å². The standard InChI is InChI=1S/C12H21N3O2/c1-15(8-4-6-13)9-10-12(17-3)11(16-2)5-7-14-10/h5,7H,4,6,8-9,13H2,1-3H3. The first kappa shape index (κ1) is 13.7. The maximum absolute atomic E-state index is 5.48. The quantitative estimate of drug-likeness (QED) is 0.765. The van der Waals surface area contributed by atoms with Crippen LogP contribution < -0.4 is 15.2 Å². The van der Waals surface area contributed by atoms with E-state index in [1.54, 1.807) is 26.5 Å². The number of ether oxygens (including phenoxy) is 2. The van der Waals surface area contributed by atoms with Crippen molar-refractivity contribution in [2.75, 3.05) is 34.4 Å². The van der Waals surface area contributed by atoms with Crippen LogP contribution in [0.5, 0.6) is 11.5 Å². The van der Waals surface area contributed by atoms with Crippen molar-refractivity contribution in [2.45, 2.75) is 13.0 Å². The molecule has 0 aromatic carbocycles. The van der Waals surface area contributed by atoms with Crippen molar-refractivity contribution in [3.05, 3.63) is 18.0 Å². The first-order valence-corrected chi connectivity index (χ1v) is 5.67. The molecule has 0 aliphatic carbocycles. The predicted molar refractivity (Wildman–Crippen MR) is 67.3 cm³/mol. The Morgan fingerprint density at radius 1 is 1.35 bits per heavy atom. The molecule has 1 aromatic heterocycles. The van der Waals surface area contributed by atoms with Gasteiger partial charge in [0.2, 0.25) is 0 Å². The van der Waals surface area contributed by atoms with E-state index in [-0.39, 0.29) is 0 Å². The van der Waals surface area contributed by atoms with Crippen LogP contribution in [0.25, 0.3) is 0 Å². The molecule has 5 nitrogen and oxygen atoms in total. The first-order chi connectivity index (χ1) is 8.22. The highest BCUT2D eigenvalue weighted by atomic mass is 16.5. The molecular weight excluding hydrogens is 218 g/mol. The topological polar surface area (TPSA) is 60.6 Å². The summed E-state index contributed by atoms with van der Waals surface area (Å²) >= 11 is 0. The van der Waals surface area contributed by atoms with Gasteiger partial charge in [0.1, 0.15) is 5.69 Å². The van der Waals surface area contributed by atoms with Gasteiger partial charge in [0.25, 0.3) is 0 Å². The molecule has 0 atom stereocenters. The van der Waals surface area contributed by atoms with E-state index in [0.717, 1.165) is 25.2 Å². The van der Waals surface area contributed by atoms with Crippen LogP contribution in [0.4, 0.5) is 0 Å². The Labute approximate surface area is 103 Å². The lowest BCUT2D eigenvalue weighted by Crippen LogP contribution is -2.22. The van der Waals surface area contributed by atoms with E-state index < -0.39 is 0 Å². The minimum atomic E-state index is 0.701. The maximum Gasteiger partial charge on any atom is 0.183 e. The molecule has 96 valence electrons. The molecular formula is C12H21N3O2. The third-order valence-electron chi connectivity index (χ3n) is 2.53. The van der Waals surface area contributed by atoms with Crippen molar-refractivity contribution < 1.29 is 9.47 Å². The largest absolute Gasteiger partial charge is 0.493 e. The number of rotatable bonds is 7. The average Bonchev–Trinajstić information content (AvgIpc) is 2.35. The molecule has 0 saturated heterocycles. The summed E-state index contributed by atoms with van der Waals surface area (Å²) in [5.41, 5.74) is 6.37. The van der Waals surface area contributed by atoms with Crippen LogP contribution in [-0.4, -0.2) is 44.2 Å². The molecule has 0 aliphatic heterocycles. The summed E-state index contributed by atoms with van der Waals surface area (Å²) in [4.78, 5) is 6.49. The second-order valence-corrected chi connectivity index (χ2v) is 3.87. The Kier molecular flexibility index (Phi) is 5.72. The van der Waals surface area contributed by atoms with Crippen LogP contribution in [0.15, 0.2) is 12.3 Å². The number of nitrogens with zero attached hydrogens (tertiary/aromatic N) is 2. The highest BCUT2D eigenvalue weighted by Gasteiger charge is 2.12. The van der Waals surface area contributed by atoms with Gasteiger partial charge in [-0.1, -0.05) is 0 Å². The van der Waals surface area contributed by atoms with E-state index in [9.17, 15) is 0 Å². The summed E-state index contributed by atoms with van der Waals surface area (Å²) < 4.78 is 10.6. The Hall–Kier alpha value is -1.33. The molecule has 1 rings (SSSR count). The fraction of sp³-hybridized carbons (Fsp3) is 0.583. The summed E-state index contributed by atoms with van der Waals surface area (Å²) in [6, 6.07) is 1.79. The molecule has 1 heterocycles. The Bertz CT molecular complexity index is 345. The van der Waals surface area contributed by atoms with Crippen LogP contribution in [0.1, 0.15) is 12.1 Å². The molecule has 0 fully saturated rings. The molecule has 0 radical (unpaired) electrons. The smallest absolute Gasteiger partial charge is 0.183 e. The van der Waals surface area contributed by atoms with Gasteiger partial charge in [0, 0.05) is 18.8 Å². The van der Waals surface area contributed by atoms with Crippen molar-refractivity contribution >= 4 is 0 Å². The molecule has 0 saturated carbocycles. The predicted octanol–water partition coefficient (Wildman–Crippen LogP) is 0.879. The lowest BCUT2D eigenvalue weighted by atomic mass is 10.2. The second-order valence-electron chi connectivity index (χ2n) is 3.87. The fourth-order valence-electron chi connectivity index (χ4n) is 1.66. The van der Waals surface area contributed by atoms with Crippen LogP contribution in [0.3, 0.4) is 0 Å². The number of nitrogens with two attached hydrogens (primary N) is 1. The van der Waals surface area contributed by atoms with E-state index in [4.69, 9.17) is 15.2 Å². The van der Waals surface area contributed by atoms with Gasteiger partial charge in [-0.25, -0.2) is 0 Å². The zero-order valence-corrected chi connectivity index (χ0v) is 10.8. The molecule has 0 unspecified atom stereocenters. The van der Waals surface area contributed by atoms with Crippen LogP contribution in [-0.2, 0) is 6.54 Å². The molecule has 0 spiro atoms. The summed E-state index contributed by atoms with van der Waals surface area (Å²) in [6.45, 7) is 2.37. The van der Waals surface area contributed by atoms with Gasteiger partial charge < -0.3 is 20.1 Å². The van der Waals surface area contributed by atoms with E-state index in [0.29, 0.717) is 18.0 Å². The van der Waals surface area contributed by atoms with Crippen molar-refractivity contribution in [2.24, 2.45) is 5.73 Å². The zero-order chi connectivity index (χ0) is 12.7. The molecule has 0 aliphatic rings. The van der Waals surface area contributed by atoms with Crippen LogP contribution in [0.2, 0.25) is 0 Å². The van der Waals surface area contributed by atoms with Gasteiger partial charge in [-0.2, -0.15) is 0 Å². The Balaban J connectivity index is 2.75. The third kappa shape index (κ3) is 3.87. The van der Waals surface area contributed by atoms with Crippen molar-refractivity contribution in [1.82, 2.24) is 9.88 Å². The Morgan fingerprint density at radius 2 is 2.12 bits per heavy atom. The molecule has 2 N–H and O–H groups in total. The minimum absolute atomic E-state index is 0.701. The van der Waals surface area contributed by atoms with Crippen LogP contribution in [0, 0.1) is 0 Å². The second kappa shape index (κ2) is 7.09. The SMILES string of the molecule is COc1ccnc(CN(C)CCCN)c1OC. The van der Waals surface area contributed by atoms with E-state index in [2.05, 4.69) is 9.88 Å². The van der Waals surface area contributed by atoms with Gasteiger partial charge >= 0.3 is 0 Å². The van der Waals surface area contributed by atoms with Crippen LogP contribution >= 0.6 is 0 Å². The number of hydrogen-bond acceptors (Lipinski definition) is 5. The molecule has 0 bridgehead atoms. The number of aromatic nitrogens is 1. The van der Waals surface area contributed by atoms with Crippen molar-refractivity contribution in [3.8, 4) is 11.5 Å². The minimum Gasteiger partial charge on any atom is -0.493 e. The van der Waals surface area contributed by atoms with Crippen molar-refractivity contribution in [1.29, 1.82) is 0 Å². The van der Waals surface area contributed by atoms with Gasteiger partial charge in [0.05, 0.1) is 14.2 Å². The number of hydrogen-bond donors (Lipinski definition) is 1. The fourth-order valence-corrected chi connectivity index (χ4v) is 1.66. The van der Waals surface area contributed by atoms with Gasteiger partial charge in [-0.05, 0) is 26.6 Å². The summed E-state index contributed by atoms with van der Waals surface area (Å²) in [5.74, 6) is 1.42. The molecule has 5 heteroatoms. The Morgan fingerprint density at radius 3 is 2.71 bits per heavy atom. The van der Waals surface area contributed by atoms with Gasteiger partial charge in [-0.3, -0.25) is 4.98 Å². The third-order valence-corrected chi connectivity index (χ3v) is 2.53. The summed E-state index contributed by atoms with van der Waals surface area (Å²) in [7, 11) is 5.29. The molecule has 17 heavy (non-hydrogen) atoms. The van der Waals surface area contributed by atoms with E-state index in [1.165, 1.54) is 0 Å². The molecule has 1 aromatic rings. The van der Waals surface area contributed by atoms with Crippen molar-refractivity contribution in [3.63, 3.8) is 0 Å². The molecule has 0 amide bonds. The highest BCUT2D eigenvalue weighted by molar-refractivity contribution is 5.42. The summed E-state index contributed by atoms with van der Waals surface area (Å²) in [5, 5.41) is 0. The lowest BCUT2D eigenvalue weighted by Gasteiger charge is -2.18. The lowest BCUT2D eigenvalue weighted by molar-refractivity contribution is 0.302. The number of methoxy groups -OCH3 is 2. The highest BCUT2D eigenvalue weighted by Crippen LogP contribution is 2.29. The van der Waals surface area contributed by atoms with E-state index >= 15 is 0 Å².